The van der Waals surface area contributed by atoms with Crippen LogP contribution in [0.4, 0.5) is 0 Å². The Labute approximate surface area is 181 Å². The highest BCUT2D eigenvalue weighted by Crippen LogP contribution is 2.36. The van der Waals surface area contributed by atoms with E-state index in [1.165, 1.54) is 0 Å². The highest BCUT2D eigenvalue weighted by atomic mass is 79.9. The number of nitrogens with zero attached hydrogens (tertiary/aromatic N) is 2. The molecule has 2 aromatic rings. The molecule has 5 nitrogen and oxygen atoms in total. The van der Waals surface area contributed by atoms with Gasteiger partial charge in [-0.05, 0) is 74.9 Å². The van der Waals surface area contributed by atoms with Gasteiger partial charge in [0.05, 0.1) is 8.95 Å². The van der Waals surface area contributed by atoms with Gasteiger partial charge in [-0.2, -0.15) is 0 Å². The molecule has 150 valence electrons. The molecule has 0 unspecified atom stereocenters. The van der Waals surface area contributed by atoms with Crippen molar-refractivity contribution in [1.29, 1.82) is 0 Å². The summed E-state index contributed by atoms with van der Waals surface area (Å²) in [6, 6.07) is 9.56. The van der Waals surface area contributed by atoms with E-state index in [4.69, 9.17) is 4.74 Å². The molecule has 3 atom stereocenters. The molecule has 0 amide bonds. The Morgan fingerprint density at radius 1 is 1.21 bits per heavy atom. The third kappa shape index (κ3) is 4.22. The van der Waals surface area contributed by atoms with Gasteiger partial charge in [0, 0.05) is 43.9 Å². The minimum absolute atomic E-state index is 0.100. The van der Waals surface area contributed by atoms with Crippen molar-refractivity contribution < 1.29 is 9.84 Å². The first kappa shape index (κ1) is 20.1. The molecule has 2 aliphatic heterocycles. The van der Waals surface area contributed by atoms with Crippen LogP contribution in [0, 0.1) is 12.8 Å². The summed E-state index contributed by atoms with van der Waals surface area (Å²) in [6.45, 7) is 5.39. The molecule has 1 N–H and O–H groups in total. The number of piperidine rings is 1. The van der Waals surface area contributed by atoms with Gasteiger partial charge in [0.25, 0.3) is 5.56 Å². The number of β-amino-alcohol motifs (C(OH)–C–C–N with tert-alkyl or cyclic N) is 1. The first-order chi connectivity index (χ1) is 13.4. The zero-order chi connectivity index (χ0) is 19.8. The lowest BCUT2D eigenvalue weighted by atomic mass is 9.83. The number of hydrogen-bond donors (Lipinski definition) is 1. The van der Waals surface area contributed by atoms with Gasteiger partial charge in [-0.3, -0.25) is 9.69 Å². The summed E-state index contributed by atoms with van der Waals surface area (Å²) >= 11 is 7.05. The van der Waals surface area contributed by atoms with Crippen molar-refractivity contribution in [1.82, 2.24) is 9.47 Å². The molecule has 0 aliphatic carbocycles. The van der Waals surface area contributed by atoms with Crippen molar-refractivity contribution in [3.8, 4) is 5.75 Å². The Kier molecular flexibility index (Phi) is 5.97. The van der Waals surface area contributed by atoms with Crippen LogP contribution in [0.25, 0.3) is 0 Å². The van der Waals surface area contributed by atoms with Crippen LogP contribution in [-0.4, -0.2) is 46.9 Å². The molecule has 28 heavy (non-hydrogen) atoms. The fourth-order valence-electron chi connectivity index (χ4n) is 4.50. The van der Waals surface area contributed by atoms with Crippen molar-refractivity contribution in [2.45, 2.75) is 31.9 Å². The highest BCUT2D eigenvalue weighted by molar-refractivity contribution is 9.11. The molecule has 1 aromatic heterocycles. The SMILES string of the molecule is Cc1cc(Br)c(OC[C@H](O)CN2C[C@H]3C[C@H](C2)c2cccc(=O)n2C3)c(Br)c1. The predicted octanol–water partition coefficient (Wildman–Crippen LogP) is 3.54. The van der Waals surface area contributed by atoms with E-state index in [1.807, 2.05) is 29.7 Å². The normalized spacial score (nSPS) is 22.6. The van der Waals surface area contributed by atoms with E-state index in [2.05, 4.69) is 42.8 Å². The topological polar surface area (TPSA) is 54.7 Å². The predicted molar refractivity (Wildman–Crippen MR) is 116 cm³/mol. The number of ether oxygens (including phenoxy) is 1. The summed E-state index contributed by atoms with van der Waals surface area (Å²) in [5, 5.41) is 10.5. The molecule has 3 heterocycles. The Hall–Kier alpha value is -1.15. The molecule has 4 rings (SSSR count). The number of benzene rings is 1. The van der Waals surface area contributed by atoms with Crippen molar-refractivity contribution in [2.24, 2.45) is 5.92 Å². The Morgan fingerprint density at radius 3 is 2.71 bits per heavy atom. The highest BCUT2D eigenvalue weighted by Gasteiger charge is 2.34. The molecule has 0 radical (unpaired) electrons. The molecule has 1 fully saturated rings. The van der Waals surface area contributed by atoms with Gasteiger partial charge < -0.3 is 14.4 Å². The van der Waals surface area contributed by atoms with Crippen LogP contribution in [0.5, 0.6) is 5.75 Å². The average Bonchev–Trinajstić information content (AvgIpc) is 2.61. The first-order valence-electron chi connectivity index (χ1n) is 9.59. The Morgan fingerprint density at radius 2 is 1.96 bits per heavy atom. The zero-order valence-electron chi connectivity index (χ0n) is 15.8. The number of aliphatic hydroxyl groups excluding tert-OH is 1. The van der Waals surface area contributed by atoms with Gasteiger partial charge in [-0.15, -0.1) is 0 Å². The Balaban J connectivity index is 1.37. The van der Waals surface area contributed by atoms with Crippen LogP contribution in [-0.2, 0) is 6.54 Å². The van der Waals surface area contributed by atoms with Gasteiger partial charge in [-0.25, -0.2) is 0 Å². The van der Waals surface area contributed by atoms with E-state index in [0.29, 0.717) is 24.1 Å². The maximum Gasteiger partial charge on any atom is 0.250 e. The number of rotatable bonds is 5. The number of aryl methyl sites for hydroxylation is 1. The molecule has 0 saturated carbocycles. The van der Waals surface area contributed by atoms with Crippen molar-refractivity contribution in [2.75, 3.05) is 26.2 Å². The standard InChI is InChI=1S/C21H24Br2N2O3/c1-13-5-17(22)21(18(23)6-13)28-12-16(26)11-24-8-14-7-15(10-24)19-3-2-4-20(27)25(19)9-14/h2-6,14-16,26H,7-12H2,1H3/t14-,15-,16-/m1/s1. The number of likely N-dealkylation sites (tertiary alicyclic amines) is 1. The second kappa shape index (κ2) is 8.30. The van der Waals surface area contributed by atoms with E-state index >= 15 is 0 Å². The maximum absolute atomic E-state index is 12.1. The van der Waals surface area contributed by atoms with Crippen LogP contribution < -0.4 is 10.3 Å². The lowest BCUT2D eigenvalue weighted by Gasteiger charge is -2.43. The summed E-state index contributed by atoms with van der Waals surface area (Å²) in [5.74, 6) is 1.53. The summed E-state index contributed by atoms with van der Waals surface area (Å²) < 4.78 is 9.56. The average molecular weight is 512 g/mol. The third-order valence-electron chi connectivity index (χ3n) is 5.59. The van der Waals surface area contributed by atoms with Crippen molar-refractivity contribution in [3.05, 3.63) is 60.9 Å². The zero-order valence-corrected chi connectivity index (χ0v) is 18.9. The second-order valence-electron chi connectivity index (χ2n) is 7.94. The number of hydrogen-bond acceptors (Lipinski definition) is 4. The molecule has 1 saturated heterocycles. The van der Waals surface area contributed by atoms with E-state index < -0.39 is 6.10 Å². The van der Waals surface area contributed by atoms with E-state index in [0.717, 1.165) is 46.3 Å². The van der Waals surface area contributed by atoms with E-state index in [-0.39, 0.29) is 12.2 Å². The van der Waals surface area contributed by atoms with E-state index in [1.54, 1.807) is 6.07 Å². The summed E-state index contributed by atoms with van der Waals surface area (Å²) in [4.78, 5) is 14.4. The minimum Gasteiger partial charge on any atom is -0.488 e. The lowest BCUT2D eigenvalue weighted by molar-refractivity contribution is 0.0381. The van der Waals surface area contributed by atoms with Gasteiger partial charge in [0.2, 0.25) is 0 Å². The number of halogens is 2. The minimum atomic E-state index is -0.572. The van der Waals surface area contributed by atoms with Crippen LogP contribution in [0.15, 0.2) is 44.1 Å². The number of aromatic nitrogens is 1. The summed E-state index contributed by atoms with van der Waals surface area (Å²) in [5.41, 5.74) is 2.36. The van der Waals surface area contributed by atoms with Gasteiger partial charge in [0.15, 0.2) is 0 Å². The fourth-order valence-corrected chi connectivity index (χ4v) is 6.14. The lowest BCUT2D eigenvalue weighted by Crippen LogP contribution is -2.49. The number of pyridine rings is 1. The molecular weight excluding hydrogens is 488 g/mol. The van der Waals surface area contributed by atoms with Crippen molar-refractivity contribution in [3.63, 3.8) is 0 Å². The Bertz CT molecular complexity index is 907. The molecule has 0 spiro atoms. The van der Waals surface area contributed by atoms with Crippen LogP contribution in [0.3, 0.4) is 0 Å². The molecular formula is C21H24Br2N2O3. The van der Waals surface area contributed by atoms with Gasteiger partial charge in [0.1, 0.15) is 18.5 Å². The number of fused-ring (bicyclic) bond motifs is 4. The van der Waals surface area contributed by atoms with Crippen LogP contribution in [0.1, 0.15) is 23.6 Å². The number of aliphatic hydroxyl groups is 1. The second-order valence-corrected chi connectivity index (χ2v) is 9.65. The molecule has 7 heteroatoms. The fraction of sp³-hybridized carbons (Fsp3) is 0.476. The molecule has 2 bridgehead atoms. The molecule has 1 aromatic carbocycles. The van der Waals surface area contributed by atoms with E-state index in [9.17, 15) is 9.90 Å². The third-order valence-corrected chi connectivity index (χ3v) is 6.77. The summed E-state index contributed by atoms with van der Waals surface area (Å²) in [6.07, 6.45) is 0.549. The van der Waals surface area contributed by atoms with Crippen LogP contribution in [0.2, 0.25) is 0 Å². The monoisotopic (exact) mass is 510 g/mol. The van der Waals surface area contributed by atoms with Crippen LogP contribution >= 0.6 is 31.9 Å². The maximum atomic E-state index is 12.1. The largest absolute Gasteiger partial charge is 0.488 e. The van der Waals surface area contributed by atoms with Gasteiger partial charge in [-0.1, -0.05) is 6.07 Å². The quantitative estimate of drug-likeness (QED) is 0.667. The van der Waals surface area contributed by atoms with Gasteiger partial charge >= 0.3 is 0 Å². The van der Waals surface area contributed by atoms with Crippen molar-refractivity contribution >= 4 is 31.9 Å². The smallest absolute Gasteiger partial charge is 0.250 e. The summed E-state index contributed by atoms with van der Waals surface area (Å²) in [7, 11) is 0. The molecule has 2 aliphatic rings. The first-order valence-corrected chi connectivity index (χ1v) is 11.2.